The van der Waals surface area contributed by atoms with Gasteiger partial charge in [-0.2, -0.15) is 20.6 Å². The molecule has 1 aliphatic heterocycles. The van der Waals surface area contributed by atoms with Crippen LogP contribution in [-0.2, 0) is 4.74 Å². The summed E-state index contributed by atoms with van der Waals surface area (Å²) in [6.45, 7) is 8.54. The van der Waals surface area contributed by atoms with E-state index in [9.17, 15) is 5.26 Å². The summed E-state index contributed by atoms with van der Waals surface area (Å²) in [5, 5.41) is 26.5. The maximum atomic E-state index is 9.83. The molecule has 10 nitrogen and oxygen atoms in total. The van der Waals surface area contributed by atoms with Gasteiger partial charge in [0.05, 0.1) is 43.3 Å². The molecule has 4 aromatic rings. The number of fused-ring (bicyclic) bond motifs is 1. The van der Waals surface area contributed by atoms with Crippen LogP contribution in [0.25, 0.3) is 22.2 Å². The highest BCUT2D eigenvalue weighted by Gasteiger charge is 2.21. The van der Waals surface area contributed by atoms with Gasteiger partial charge in [0.25, 0.3) is 0 Å². The van der Waals surface area contributed by atoms with E-state index in [1.54, 1.807) is 19.5 Å². The van der Waals surface area contributed by atoms with E-state index >= 15 is 0 Å². The maximum Gasteiger partial charge on any atom is 0.162 e. The molecule has 0 amide bonds. The zero-order valence-electron chi connectivity index (χ0n) is 20.7. The SMILES string of the molecule is COc1cc2[nH]nc(-c3cnc(N4CCOCC4)c(C#N)c3)c2cc1O[C@H](C)c1c(C)cnnc1C. The van der Waals surface area contributed by atoms with Crippen molar-refractivity contribution in [2.75, 3.05) is 38.3 Å². The van der Waals surface area contributed by atoms with E-state index in [1.807, 2.05) is 39.0 Å². The van der Waals surface area contributed by atoms with Gasteiger partial charge in [0, 0.05) is 41.9 Å². The molecule has 0 radical (unpaired) electrons. The number of morpholine rings is 1. The first-order chi connectivity index (χ1) is 17.5. The number of nitriles is 1. The Labute approximate surface area is 208 Å². The number of hydrogen-bond donors (Lipinski definition) is 1. The number of rotatable bonds is 6. The summed E-state index contributed by atoms with van der Waals surface area (Å²) in [5.74, 6) is 1.83. The summed E-state index contributed by atoms with van der Waals surface area (Å²) in [4.78, 5) is 6.70. The fourth-order valence-electron chi connectivity index (χ4n) is 4.67. The van der Waals surface area contributed by atoms with E-state index in [-0.39, 0.29) is 6.10 Å². The van der Waals surface area contributed by atoms with Gasteiger partial charge in [-0.15, -0.1) is 0 Å². The number of aromatic amines is 1. The second-order valence-corrected chi connectivity index (χ2v) is 8.71. The highest BCUT2D eigenvalue weighted by molar-refractivity contribution is 5.95. The summed E-state index contributed by atoms with van der Waals surface area (Å²) >= 11 is 0. The molecule has 36 heavy (non-hydrogen) atoms. The molecule has 1 N–H and O–H groups in total. The second kappa shape index (κ2) is 9.79. The summed E-state index contributed by atoms with van der Waals surface area (Å²) in [6, 6.07) is 7.89. The van der Waals surface area contributed by atoms with Crippen molar-refractivity contribution in [1.29, 1.82) is 5.26 Å². The number of pyridine rings is 1. The van der Waals surface area contributed by atoms with E-state index in [1.165, 1.54) is 0 Å². The monoisotopic (exact) mass is 485 g/mol. The molecule has 10 heteroatoms. The Bertz CT molecular complexity index is 1430. The Morgan fingerprint density at radius 3 is 2.67 bits per heavy atom. The summed E-state index contributed by atoms with van der Waals surface area (Å²) < 4.78 is 17.4. The van der Waals surface area contributed by atoms with Crippen LogP contribution in [0.4, 0.5) is 5.82 Å². The van der Waals surface area contributed by atoms with Crippen molar-refractivity contribution in [3.05, 3.63) is 53.0 Å². The molecule has 184 valence electrons. The number of benzene rings is 1. The lowest BCUT2D eigenvalue weighted by molar-refractivity contribution is 0.122. The van der Waals surface area contributed by atoms with Crippen molar-refractivity contribution in [3.63, 3.8) is 0 Å². The first kappa shape index (κ1) is 23.5. The minimum Gasteiger partial charge on any atom is -0.493 e. The zero-order chi connectivity index (χ0) is 25.2. The van der Waals surface area contributed by atoms with Gasteiger partial charge in [-0.1, -0.05) is 0 Å². The van der Waals surface area contributed by atoms with Gasteiger partial charge in [0.2, 0.25) is 0 Å². The van der Waals surface area contributed by atoms with Gasteiger partial charge in [-0.3, -0.25) is 5.10 Å². The molecule has 0 saturated carbocycles. The second-order valence-electron chi connectivity index (χ2n) is 8.71. The quantitative estimate of drug-likeness (QED) is 0.433. The molecule has 1 aliphatic rings. The van der Waals surface area contributed by atoms with E-state index in [0.29, 0.717) is 54.9 Å². The number of anilines is 1. The predicted octanol–water partition coefficient (Wildman–Crippen LogP) is 3.89. The van der Waals surface area contributed by atoms with Crippen LogP contribution in [0, 0.1) is 25.2 Å². The van der Waals surface area contributed by atoms with Gasteiger partial charge in [0.1, 0.15) is 23.7 Å². The number of aryl methyl sites for hydroxylation is 2. The molecule has 4 heterocycles. The highest BCUT2D eigenvalue weighted by atomic mass is 16.5. The molecule has 0 aliphatic carbocycles. The lowest BCUT2D eigenvalue weighted by Crippen LogP contribution is -2.37. The fraction of sp³-hybridized carbons (Fsp3) is 0.346. The normalized spacial score (nSPS) is 14.5. The highest BCUT2D eigenvalue weighted by Crippen LogP contribution is 2.39. The Morgan fingerprint density at radius 2 is 1.94 bits per heavy atom. The number of nitrogens with zero attached hydrogens (tertiary/aromatic N) is 6. The van der Waals surface area contributed by atoms with E-state index in [4.69, 9.17) is 14.2 Å². The number of hydrogen-bond acceptors (Lipinski definition) is 9. The van der Waals surface area contributed by atoms with Crippen LogP contribution in [0.2, 0.25) is 0 Å². The number of ether oxygens (including phenoxy) is 3. The molecule has 0 bridgehead atoms. The number of aromatic nitrogens is 5. The Kier molecular flexibility index (Phi) is 6.40. The van der Waals surface area contributed by atoms with Crippen molar-refractivity contribution < 1.29 is 14.2 Å². The van der Waals surface area contributed by atoms with Crippen molar-refractivity contribution in [1.82, 2.24) is 25.4 Å². The van der Waals surface area contributed by atoms with E-state index in [2.05, 4.69) is 36.3 Å². The van der Waals surface area contributed by atoms with Gasteiger partial charge < -0.3 is 19.1 Å². The van der Waals surface area contributed by atoms with Gasteiger partial charge in [-0.25, -0.2) is 4.98 Å². The topological polar surface area (TPSA) is 122 Å². The molecule has 1 saturated heterocycles. The van der Waals surface area contributed by atoms with Gasteiger partial charge in [0.15, 0.2) is 11.5 Å². The molecule has 1 atom stereocenters. The molecule has 1 fully saturated rings. The van der Waals surface area contributed by atoms with E-state index in [0.717, 1.165) is 33.3 Å². The van der Waals surface area contributed by atoms with Crippen molar-refractivity contribution in [2.24, 2.45) is 0 Å². The maximum absolute atomic E-state index is 9.83. The predicted molar refractivity (Wildman–Crippen MR) is 134 cm³/mol. The Balaban J connectivity index is 1.53. The molecule has 0 spiro atoms. The smallest absolute Gasteiger partial charge is 0.162 e. The molecular weight excluding hydrogens is 458 g/mol. The summed E-state index contributed by atoms with van der Waals surface area (Å²) in [5.41, 5.74) is 5.53. The average Bonchev–Trinajstić information content (AvgIpc) is 3.31. The lowest BCUT2D eigenvalue weighted by Gasteiger charge is -2.28. The molecule has 3 aromatic heterocycles. The summed E-state index contributed by atoms with van der Waals surface area (Å²) in [7, 11) is 1.61. The van der Waals surface area contributed by atoms with Crippen LogP contribution >= 0.6 is 0 Å². The third kappa shape index (κ3) is 4.29. The number of H-pyrrole nitrogens is 1. The van der Waals surface area contributed by atoms with Crippen LogP contribution in [0.3, 0.4) is 0 Å². The van der Waals surface area contributed by atoms with Gasteiger partial charge in [-0.05, 0) is 38.5 Å². The summed E-state index contributed by atoms with van der Waals surface area (Å²) in [6.07, 6.45) is 3.21. The Hall–Kier alpha value is -4.23. The zero-order valence-corrected chi connectivity index (χ0v) is 20.7. The fourth-order valence-corrected chi connectivity index (χ4v) is 4.67. The molecule has 0 unspecified atom stereocenters. The van der Waals surface area contributed by atoms with Crippen LogP contribution in [0.15, 0.2) is 30.6 Å². The number of nitrogens with one attached hydrogen (secondary N) is 1. The third-order valence-corrected chi connectivity index (χ3v) is 6.40. The largest absolute Gasteiger partial charge is 0.493 e. The van der Waals surface area contributed by atoms with Crippen LogP contribution in [0.5, 0.6) is 11.5 Å². The van der Waals surface area contributed by atoms with Crippen LogP contribution in [-0.4, -0.2) is 58.8 Å². The van der Waals surface area contributed by atoms with Crippen LogP contribution < -0.4 is 14.4 Å². The Morgan fingerprint density at radius 1 is 1.14 bits per heavy atom. The average molecular weight is 486 g/mol. The molecule has 5 rings (SSSR count). The van der Waals surface area contributed by atoms with E-state index < -0.39 is 0 Å². The third-order valence-electron chi connectivity index (χ3n) is 6.40. The molecular formula is C26H27N7O3. The minimum atomic E-state index is -0.276. The first-order valence-corrected chi connectivity index (χ1v) is 11.7. The minimum absolute atomic E-state index is 0.276. The van der Waals surface area contributed by atoms with Crippen molar-refractivity contribution in [3.8, 4) is 28.8 Å². The number of methoxy groups -OCH3 is 1. The standard InChI is InChI=1S/C26H27N7O3/c1-15-13-29-30-16(2)24(15)17(3)36-23-10-20-21(11-22(23)34-4)31-32-25(20)19-9-18(12-27)26(28-14-19)33-5-7-35-8-6-33/h9-11,13-14,17H,5-8H2,1-4H3,(H,31,32)/t17-/m1/s1. The van der Waals surface area contributed by atoms with Crippen molar-refractivity contribution in [2.45, 2.75) is 26.9 Å². The van der Waals surface area contributed by atoms with Gasteiger partial charge >= 0.3 is 0 Å². The molecule has 1 aromatic carbocycles. The first-order valence-electron chi connectivity index (χ1n) is 11.7. The lowest BCUT2D eigenvalue weighted by atomic mass is 10.0. The van der Waals surface area contributed by atoms with Crippen LogP contribution in [0.1, 0.15) is 35.4 Å². The van der Waals surface area contributed by atoms with Crippen molar-refractivity contribution >= 4 is 16.7 Å².